The van der Waals surface area contributed by atoms with E-state index in [1.807, 2.05) is 13.8 Å². The quantitative estimate of drug-likeness (QED) is 0.738. The number of rotatable bonds is 7. The molecule has 1 aliphatic rings. The molecule has 1 atom stereocenters. The van der Waals surface area contributed by atoms with E-state index in [4.69, 9.17) is 5.11 Å². The van der Waals surface area contributed by atoms with E-state index in [0.717, 1.165) is 0 Å². The molecule has 0 bridgehead atoms. The van der Waals surface area contributed by atoms with Crippen molar-refractivity contribution < 1.29 is 23.1 Å². The largest absolute Gasteiger partial charge is 0.481 e. The van der Waals surface area contributed by atoms with Gasteiger partial charge in [-0.2, -0.15) is 0 Å². The van der Waals surface area contributed by atoms with E-state index in [9.17, 15) is 18.0 Å². The summed E-state index contributed by atoms with van der Waals surface area (Å²) in [6.07, 6.45) is 0.517. The first kappa shape index (κ1) is 17.3. The van der Waals surface area contributed by atoms with E-state index in [1.165, 1.54) is 16.7 Å². The first-order valence-electron chi connectivity index (χ1n) is 6.54. The summed E-state index contributed by atoms with van der Waals surface area (Å²) in [6, 6.07) is -0.0604. The molecule has 1 saturated heterocycles. The molecule has 6 nitrogen and oxygen atoms in total. The highest BCUT2D eigenvalue weighted by Crippen LogP contribution is 2.24. The number of hydrogen-bond donors (Lipinski definition) is 1. The fourth-order valence-electron chi connectivity index (χ4n) is 2.05. The Morgan fingerprint density at radius 1 is 1.40 bits per heavy atom. The second kappa shape index (κ2) is 7.31. The average Bonchev–Trinajstić information content (AvgIpc) is 2.65. The van der Waals surface area contributed by atoms with Gasteiger partial charge in [-0.25, -0.2) is 8.42 Å². The van der Waals surface area contributed by atoms with Crippen molar-refractivity contribution in [2.45, 2.75) is 38.0 Å². The number of amides is 1. The van der Waals surface area contributed by atoms with Gasteiger partial charge in [-0.15, -0.1) is 11.8 Å². The molecule has 1 fully saturated rings. The third-order valence-corrected chi connectivity index (χ3v) is 6.41. The minimum atomic E-state index is -2.92. The van der Waals surface area contributed by atoms with Crippen LogP contribution in [0.25, 0.3) is 0 Å². The molecule has 1 rings (SSSR count). The lowest BCUT2D eigenvalue weighted by molar-refractivity contribution is -0.138. The molecule has 1 unspecified atom stereocenters. The molecule has 0 aliphatic carbocycles. The van der Waals surface area contributed by atoms with Crippen molar-refractivity contribution >= 4 is 33.5 Å². The normalized spacial score (nSPS) is 21.1. The summed E-state index contributed by atoms with van der Waals surface area (Å²) in [6.45, 7) is 3.87. The van der Waals surface area contributed by atoms with Gasteiger partial charge < -0.3 is 10.0 Å². The summed E-state index contributed by atoms with van der Waals surface area (Å²) in [7, 11) is -2.92. The lowest BCUT2D eigenvalue weighted by Crippen LogP contribution is -2.39. The standard InChI is InChI=1S/C12H21NO5S2/c1-9(2)13(5-3-12(15)16)11(14)7-19-10-4-6-20(17,18)8-10/h9-10H,3-8H2,1-2H3,(H,15,16). The highest BCUT2D eigenvalue weighted by Gasteiger charge is 2.29. The van der Waals surface area contributed by atoms with Crippen LogP contribution >= 0.6 is 11.8 Å². The van der Waals surface area contributed by atoms with Crippen molar-refractivity contribution in [1.29, 1.82) is 0 Å². The molecule has 0 spiro atoms. The average molecular weight is 323 g/mol. The molecule has 1 amide bonds. The zero-order valence-electron chi connectivity index (χ0n) is 11.7. The van der Waals surface area contributed by atoms with E-state index < -0.39 is 15.8 Å². The van der Waals surface area contributed by atoms with E-state index in [2.05, 4.69) is 0 Å². The lowest BCUT2D eigenvalue weighted by atomic mass is 10.3. The highest BCUT2D eigenvalue weighted by atomic mass is 32.2. The number of carboxylic acids is 1. The molecule has 8 heteroatoms. The van der Waals surface area contributed by atoms with Crippen LogP contribution in [0.3, 0.4) is 0 Å². The minimum Gasteiger partial charge on any atom is -0.481 e. The molecule has 116 valence electrons. The summed E-state index contributed by atoms with van der Waals surface area (Å²) in [5, 5.41) is 8.66. The van der Waals surface area contributed by atoms with Crippen LogP contribution in [0.5, 0.6) is 0 Å². The smallest absolute Gasteiger partial charge is 0.305 e. The predicted molar refractivity (Wildman–Crippen MR) is 78.6 cm³/mol. The van der Waals surface area contributed by atoms with Gasteiger partial charge in [-0.3, -0.25) is 9.59 Å². The molecule has 0 aromatic carbocycles. The number of carbonyl (C=O) groups excluding carboxylic acids is 1. The molecular weight excluding hydrogens is 302 g/mol. The molecule has 0 radical (unpaired) electrons. The molecule has 20 heavy (non-hydrogen) atoms. The first-order chi connectivity index (χ1) is 9.21. The number of aliphatic carboxylic acids is 1. The van der Waals surface area contributed by atoms with Crippen LogP contribution in [0.1, 0.15) is 26.7 Å². The van der Waals surface area contributed by atoms with Crippen molar-refractivity contribution in [3.05, 3.63) is 0 Å². The number of nitrogens with zero attached hydrogens (tertiary/aromatic N) is 1. The first-order valence-corrected chi connectivity index (χ1v) is 9.41. The number of hydrogen-bond acceptors (Lipinski definition) is 5. The fourth-order valence-corrected chi connectivity index (χ4v) is 5.58. The second-order valence-corrected chi connectivity index (χ2v) is 8.68. The third kappa shape index (κ3) is 5.70. The molecule has 0 saturated carbocycles. The van der Waals surface area contributed by atoms with Crippen LogP contribution in [0.15, 0.2) is 0 Å². The van der Waals surface area contributed by atoms with Gasteiger partial charge in [0.05, 0.1) is 23.7 Å². The van der Waals surface area contributed by atoms with Gasteiger partial charge in [-0.05, 0) is 20.3 Å². The molecule has 1 N–H and O–H groups in total. The Labute approximate surface area is 123 Å². The molecule has 1 aliphatic heterocycles. The van der Waals surface area contributed by atoms with Crippen LogP contribution in [-0.2, 0) is 19.4 Å². The fraction of sp³-hybridized carbons (Fsp3) is 0.833. The third-order valence-electron chi connectivity index (χ3n) is 3.14. The van der Waals surface area contributed by atoms with Gasteiger partial charge in [-0.1, -0.05) is 0 Å². The van der Waals surface area contributed by atoms with Crippen LogP contribution in [0.4, 0.5) is 0 Å². The van der Waals surface area contributed by atoms with E-state index >= 15 is 0 Å². The van der Waals surface area contributed by atoms with Crippen LogP contribution in [0, 0.1) is 0 Å². The zero-order chi connectivity index (χ0) is 15.3. The monoisotopic (exact) mass is 323 g/mol. The Hall–Kier alpha value is -0.760. The van der Waals surface area contributed by atoms with Crippen LogP contribution < -0.4 is 0 Å². The maximum Gasteiger partial charge on any atom is 0.305 e. The van der Waals surface area contributed by atoms with Gasteiger partial charge in [0.2, 0.25) is 5.91 Å². The maximum atomic E-state index is 12.1. The zero-order valence-corrected chi connectivity index (χ0v) is 13.4. The summed E-state index contributed by atoms with van der Waals surface area (Å²) in [4.78, 5) is 24.2. The number of thioether (sulfide) groups is 1. The second-order valence-electron chi connectivity index (χ2n) is 5.16. The van der Waals surface area contributed by atoms with Gasteiger partial charge in [0, 0.05) is 17.8 Å². The summed E-state index contributed by atoms with van der Waals surface area (Å²) < 4.78 is 22.7. The molecular formula is C12H21NO5S2. The Bertz CT molecular complexity index is 460. The van der Waals surface area contributed by atoms with Crippen molar-refractivity contribution in [1.82, 2.24) is 4.90 Å². The predicted octanol–water partition coefficient (Wildman–Crippen LogP) is 0.618. The lowest BCUT2D eigenvalue weighted by Gasteiger charge is -2.26. The van der Waals surface area contributed by atoms with Crippen molar-refractivity contribution in [2.75, 3.05) is 23.8 Å². The number of carbonyl (C=O) groups is 2. The van der Waals surface area contributed by atoms with Crippen molar-refractivity contribution in [2.24, 2.45) is 0 Å². The van der Waals surface area contributed by atoms with E-state index in [1.54, 1.807) is 0 Å². The van der Waals surface area contributed by atoms with Crippen molar-refractivity contribution in [3.63, 3.8) is 0 Å². The summed E-state index contributed by atoms with van der Waals surface area (Å²) >= 11 is 1.36. The maximum absolute atomic E-state index is 12.1. The highest BCUT2D eigenvalue weighted by molar-refractivity contribution is 8.02. The van der Waals surface area contributed by atoms with Gasteiger partial charge >= 0.3 is 5.97 Å². The summed E-state index contributed by atoms with van der Waals surface area (Å²) in [5.41, 5.74) is 0. The molecule has 0 aromatic rings. The van der Waals surface area contributed by atoms with E-state index in [0.29, 0.717) is 6.42 Å². The summed E-state index contributed by atoms with van der Waals surface area (Å²) in [5.74, 6) is -0.514. The van der Waals surface area contributed by atoms with Crippen LogP contribution in [-0.4, -0.2) is 65.4 Å². The van der Waals surface area contributed by atoms with Crippen molar-refractivity contribution in [3.8, 4) is 0 Å². The SMILES string of the molecule is CC(C)N(CCC(=O)O)C(=O)CSC1CCS(=O)(=O)C1. The van der Waals surface area contributed by atoms with E-state index in [-0.39, 0.29) is 47.4 Å². The molecule has 0 aromatic heterocycles. The number of carboxylic acid groups (broad SMARTS) is 1. The Balaban J connectivity index is 2.44. The van der Waals surface area contributed by atoms with Gasteiger partial charge in [0.15, 0.2) is 9.84 Å². The van der Waals surface area contributed by atoms with Gasteiger partial charge in [0.25, 0.3) is 0 Å². The Morgan fingerprint density at radius 3 is 2.50 bits per heavy atom. The number of sulfone groups is 1. The topological polar surface area (TPSA) is 91.8 Å². The van der Waals surface area contributed by atoms with Gasteiger partial charge in [0.1, 0.15) is 0 Å². The molecule has 1 heterocycles. The van der Waals surface area contributed by atoms with Crippen LogP contribution in [0.2, 0.25) is 0 Å². The Kier molecular flexibility index (Phi) is 6.32. The minimum absolute atomic E-state index is 0.0163. The Morgan fingerprint density at radius 2 is 2.05 bits per heavy atom.